The number of nitro benzene ring substituents is 1. The lowest BCUT2D eigenvalue weighted by Crippen LogP contribution is -2.49. The van der Waals surface area contributed by atoms with Gasteiger partial charge in [-0.3, -0.25) is 14.9 Å². The van der Waals surface area contributed by atoms with Crippen molar-refractivity contribution in [2.75, 3.05) is 11.1 Å². The minimum Gasteiger partial charge on any atom is -0.324 e. The van der Waals surface area contributed by atoms with E-state index < -0.39 is 4.92 Å². The number of rotatable bonds is 5. The molecule has 4 saturated carbocycles. The summed E-state index contributed by atoms with van der Waals surface area (Å²) in [6.45, 7) is 0. The number of amides is 1. The number of benzene rings is 1. The van der Waals surface area contributed by atoms with Crippen molar-refractivity contribution in [2.45, 2.75) is 43.3 Å². The molecule has 0 atom stereocenters. The molecular weight excluding hydrogens is 350 g/mol. The fourth-order valence-corrected chi connectivity index (χ4v) is 7.03. The van der Waals surface area contributed by atoms with Crippen LogP contribution in [-0.4, -0.2) is 21.3 Å². The first kappa shape index (κ1) is 17.3. The van der Waals surface area contributed by atoms with Gasteiger partial charge in [-0.25, -0.2) is 0 Å². The number of thioether (sulfide) groups is 1. The van der Waals surface area contributed by atoms with Crippen molar-refractivity contribution in [3.8, 4) is 6.07 Å². The first-order valence-electron chi connectivity index (χ1n) is 9.09. The van der Waals surface area contributed by atoms with Crippen LogP contribution >= 0.6 is 11.8 Å². The Morgan fingerprint density at radius 3 is 2.42 bits per heavy atom. The van der Waals surface area contributed by atoms with Crippen molar-refractivity contribution in [1.82, 2.24) is 0 Å². The Kier molecular flexibility index (Phi) is 4.39. The number of hydrogen-bond acceptors (Lipinski definition) is 5. The highest BCUT2D eigenvalue weighted by atomic mass is 32.2. The van der Waals surface area contributed by atoms with Crippen LogP contribution in [0.4, 0.5) is 11.4 Å². The van der Waals surface area contributed by atoms with E-state index in [2.05, 4.69) is 5.32 Å². The third-order valence-corrected chi connectivity index (χ3v) is 7.62. The molecule has 136 valence electrons. The minimum atomic E-state index is -0.546. The topological polar surface area (TPSA) is 96.0 Å². The van der Waals surface area contributed by atoms with Crippen LogP contribution in [0.2, 0.25) is 0 Å². The summed E-state index contributed by atoms with van der Waals surface area (Å²) in [7, 11) is 0. The highest BCUT2D eigenvalue weighted by Crippen LogP contribution is 2.60. The lowest BCUT2D eigenvalue weighted by atomic mass is 9.56. The Balaban J connectivity index is 1.39. The van der Waals surface area contributed by atoms with Gasteiger partial charge < -0.3 is 5.32 Å². The van der Waals surface area contributed by atoms with Crippen molar-refractivity contribution < 1.29 is 9.72 Å². The summed E-state index contributed by atoms with van der Waals surface area (Å²) in [5.74, 6) is 2.76. The fraction of sp³-hybridized carbons (Fsp3) is 0.579. The number of nitriles is 1. The normalized spacial score (nSPS) is 31.4. The van der Waals surface area contributed by atoms with Gasteiger partial charge in [0.05, 0.1) is 21.9 Å². The molecule has 0 radical (unpaired) electrons. The summed E-state index contributed by atoms with van der Waals surface area (Å²) >= 11 is 1.78. The third-order valence-electron chi connectivity index (χ3n) is 6.10. The molecule has 4 fully saturated rings. The maximum absolute atomic E-state index is 12.4. The number of nitrogens with one attached hydrogen (secondary N) is 1. The second-order valence-corrected chi connectivity index (χ2v) is 9.48. The summed E-state index contributed by atoms with van der Waals surface area (Å²) in [4.78, 5) is 22.7. The van der Waals surface area contributed by atoms with Crippen LogP contribution in [0.25, 0.3) is 0 Å². The molecule has 1 aromatic carbocycles. The molecule has 1 N–H and O–H groups in total. The van der Waals surface area contributed by atoms with Crippen LogP contribution in [0, 0.1) is 39.2 Å². The maximum Gasteiger partial charge on any atom is 0.270 e. The summed E-state index contributed by atoms with van der Waals surface area (Å²) in [6.07, 6.45) is 7.83. The zero-order valence-electron chi connectivity index (χ0n) is 14.4. The summed E-state index contributed by atoms with van der Waals surface area (Å²) in [5, 5.41) is 22.8. The quantitative estimate of drug-likeness (QED) is 0.621. The second kappa shape index (κ2) is 6.58. The van der Waals surface area contributed by atoms with Gasteiger partial charge in [0.2, 0.25) is 5.91 Å². The van der Waals surface area contributed by atoms with Gasteiger partial charge in [0.1, 0.15) is 6.07 Å². The van der Waals surface area contributed by atoms with Gasteiger partial charge in [0.25, 0.3) is 5.69 Å². The summed E-state index contributed by atoms with van der Waals surface area (Å²) in [5.41, 5.74) is 0.309. The monoisotopic (exact) mass is 371 g/mol. The van der Waals surface area contributed by atoms with Gasteiger partial charge in [-0.05, 0) is 62.3 Å². The van der Waals surface area contributed by atoms with Crippen molar-refractivity contribution in [1.29, 1.82) is 5.26 Å². The van der Waals surface area contributed by atoms with E-state index in [1.165, 1.54) is 56.7 Å². The van der Waals surface area contributed by atoms with Gasteiger partial charge in [-0.15, -0.1) is 11.8 Å². The van der Waals surface area contributed by atoms with E-state index in [0.717, 1.165) is 17.8 Å². The van der Waals surface area contributed by atoms with Crippen LogP contribution in [0.1, 0.15) is 44.1 Å². The number of carbonyl (C=O) groups is 1. The molecule has 5 rings (SSSR count). The van der Waals surface area contributed by atoms with Crippen LogP contribution in [0.3, 0.4) is 0 Å². The van der Waals surface area contributed by atoms with Gasteiger partial charge >= 0.3 is 0 Å². The Labute approximate surface area is 156 Å². The standard InChI is InChI=1S/C19H21N3O3S/c20-10-15-6-16(22(24)25)1-2-17(15)21-18(23)11-26-19-7-12-3-13(8-19)5-14(4-12)9-19/h1-2,6,12-14H,3-5,7-9,11H2,(H,21,23). The van der Waals surface area contributed by atoms with Crippen LogP contribution in [-0.2, 0) is 4.79 Å². The summed E-state index contributed by atoms with van der Waals surface area (Å²) in [6, 6.07) is 5.86. The van der Waals surface area contributed by atoms with Crippen molar-refractivity contribution >= 4 is 29.0 Å². The fourth-order valence-electron chi connectivity index (χ4n) is 5.46. The molecule has 4 aliphatic rings. The predicted molar refractivity (Wildman–Crippen MR) is 99.8 cm³/mol. The average Bonchev–Trinajstić information content (AvgIpc) is 2.59. The van der Waals surface area contributed by atoms with Crippen molar-refractivity contribution in [3.63, 3.8) is 0 Å². The molecule has 0 aliphatic heterocycles. The molecule has 4 aliphatic carbocycles. The molecule has 0 saturated heterocycles. The second-order valence-electron chi connectivity index (χ2n) is 8.04. The van der Waals surface area contributed by atoms with Crippen molar-refractivity contribution in [3.05, 3.63) is 33.9 Å². The number of nitro groups is 1. The van der Waals surface area contributed by atoms with E-state index in [1.807, 2.05) is 6.07 Å². The highest BCUT2D eigenvalue weighted by molar-refractivity contribution is 8.01. The van der Waals surface area contributed by atoms with E-state index >= 15 is 0 Å². The molecule has 7 heteroatoms. The zero-order chi connectivity index (χ0) is 18.3. The number of nitrogens with zero attached hydrogens (tertiary/aromatic N) is 2. The van der Waals surface area contributed by atoms with Gasteiger partial charge in [0.15, 0.2) is 0 Å². The Bertz CT molecular complexity index is 766. The molecule has 6 nitrogen and oxygen atoms in total. The number of hydrogen-bond donors (Lipinski definition) is 1. The van der Waals surface area contributed by atoms with E-state index in [1.54, 1.807) is 11.8 Å². The molecule has 1 amide bonds. The van der Waals surface area contributed by atoms with Crippen LogP contribution < -0.4 is 5.32 Å². The molecule has 0 heterocycles. The highest BCUT2D eigenvalue weighted by Gasteiger charge is 2.51. The maximum atomic E-state index is 12.4. The Morgan fingerprint density at radius 2 is 1.88 bits per heavy atom. The molecule has 26 heavy (non-hydrogen) atoms. The van der Waals surface area contributed by atoms with Crippen LogP contribution in [0.5, 0.6) is 0 Å². The smallest absolute Gasteiger partial charge is 0.270 e. The molecule has 1 aromatic rings. The molecular formula is C19H21N3O3S. The lowest BCUT2D eigenvalue weighted by Gasteiger charge is -2.56. The SMILES string of the molecule is N#Cc1cc([N+](=O)[O-])ccc1NC(=O)CSC12CC3CC(CC(C3)C1)C2. The van der Waals surface area contributed by atoms with Crippen molar-refractivity contribution in [2.24, 2.45) is 17.8 Å². The number of non-ortho nitro benzene ring substituents is 1. The van der Waals surface area contributed by atoms with E-state index in [0.29, 0.717) is 11.4 Å². The lowest BCUT2D eigenvalue weighted by molar-refractivity contribution is -0.384. The summed E-state index contributed by atoms with van der Waals surface area (Å²) < 4.78 is 0.264. The Hall–Kier alpha value is -2.07. The first-order valence-corrected chi connectivity index (χ1v) is 10.1. The van der Waals surface area contributed by atoms with Crippen LogP contribution in [0.15, 0.2) is 18.2 Å². The first-order chi connectivity index (χ1) is 12.5. The molecule has 0 aromatic heterocycles. The Morgan fingerprint density at radius 1 is 1.27 bits per heavy atom. The van der Waals surface area contributed by atoms with E-state index in [-0.39, 0.29) is 21.9 Å². The molecule has 4 bridgehead atoms. The average molecular weight is 371 g/mol. The minimum absolute atomic E-state index is 0.118. The van der Waals surface area contributed by atoms with Gasteiger partial charge in [0, 0.05) is 16.9 Å². The van der Waals surface area contributed by atoms with E-state index in [9.17, 15) is 20.2 Å². The van der Waals surface area contributed by atoms with E-state index in [4.69, 9.17) is 0 Å². The molecule has 0 unspecified atom stereocenters. The predicted octanol–water partition coefficient (Wildman–Crippen LogP) is 4.11. The number of anilines is 1. The zero-order valence-corrected chi connectivity index (χ0v) is 15.3. The number of carbonyl (C=O) groups excluding carboxylic acids is 1. The largest absolute Gasteiger partial charge is 0.324 e. The third kappa shape index (κ3) is 3.30. The van der Waals surface area contributed by atoms with Gasteiger partial charge in [-0.2, -0.15) is 5.26 Å². The molecule has 0 spiro atoms. The van der Waals surface area contributed by atoms with Gasteiger partial charge in [-0.1, -0.05) is 0 Å².